The van der Waals surface area contributed by atoms with Crippen LogP contribution in [0.1, 0.15) is 11.1 Å². The number of sulfonamides is 1. The normalized spacial score (nSPS) is 17.9. The van der Waals surface area contributed by atoms with Crippen molar-refractivity contribution in [1.82, 2.24) is 4.31 Å². The van der Waals surface area contributed by atoms with Crippen molar-refractivity contribution in [3.8, 4) is 6.07 Å². The topological polar surface area (TPSA) is 108 Å². The zero-order valence-corrected chi connectivity index (χ0v) is 17.4. The van der Waals surface area contributed by atoms with Gasteiger partial charge >= 0.3 is 6.18 Å². The average Bonchev–Trinajstić information content (AvgIpc) is 2.72. The first-order chi connectivity index (χ1) is 14.4. The van der Waals surface area contributed by atoms with Crippen LogP contribution in [0.25, 0.3) is 0 Å². The second kappa shape index (κ2) is 8.37. The van der Waals surface area contributed by atoms with Gasteiger partial charge in [0.1, 0.15) is 6.04 Å². The van der Waals surface area contributed by atoms with Crippen molar-refractivity contribution in [2.45, 2.75) is 17.1 Å². The van der Waals surface area contributed by atoms with E-state index in [2.05, 4.69) is 0 Å². The first-order valence-corrected chi connectivity index (χ1v) is 10.7. The zero-order valence-electron chi connectivity index (χ0n) is 15.8. The molecule has 7 nitrogen and oxygen atoms in total. The summed E-state index contributed by atoms with van der Waals surface area (Å²) in [7, 11) is -4.01. The predicted octanol–water partition coefficient (Wildman–Crippen LogP) is 2.60. The summed E-state index contributed by atoms with van der Waals surface area (Å²) in [4.78, 5) is 13.3. The molecule has 2 N–H and O–H groups in total. The molecular weight excluding hydrogens is 457 g/mol. The van der Waals surface area contributed by atoms with Crippen LogP contribution >= 0.6 is 11.6 Å². The Labute approximate surface area is 181 Å². The highest BCUT2D eigenvalue weighted by Gasteiger charge is 2.39. The van der Waals surface area contributed by atoms with Crippen molar-refractivity contribution in [3.63, 3.8) is 0 Å². The van der Waals surface area contributed by atoms with E-state index in [1.165, 1.54) is 41.3 Å². The van der Waals surface area contributed by atoms with Gasteiger partial charge in [-0.2, -0.15) is 22.7 Å². The third kappa shape index (κ3) is 4.61. The summed E-state index contributed by atoms with van der Waals surface area (Å²) >= 11 is 5.87. The van der Waals surface area contributed by atoms with Gasteiger partial charge in [0.2, 0.25) is 15.9 Å². The lowest BCUT2D eigenvalue weighted by Crippen LogP contribution is -2.59. The number of anilines is 1. The molecule has 1 amide bonds. The van der Waals surface area contributed by atoms with Gasteiger partial charge in [-0.3, -0.25) is 4.79 Å². The smallest absolute Gasteiger partial charge is 0.368 e. The summed E-state index contributed by atoms with van der Waals surface area (Å²) in [5.74, 6) is -0.899. The van der Waals surface area contributed by atoms with Crippen molar-refractivity contribution in [2.75, 3.05) is 24.5 Å². The summed E-state index contributed by atoms with van der Waals surface area (Å²) in [6.07, 6.45) is -4.78. The second-order valence-corrected chi connectivity index (χ2v) is 9.15. The van der Waals surface area contributed by atoms with Crippen LogP contribution in [0.15, 0.2) is 47.4 Å². The summed E-state index contributed by atoms with van der Waals surface area (Å²) < 4.78 is 66.9. The minimum Gasteiger partial charge on any atom is -0.368 e. The number of nitriles is 1. The third-order valence-corrected chi connectivity index (χ3v) is 6.96. The molecule has 0 radical (unpaired) electrons. The Morgan fingerprint density at radius 3 is 2.48 bits per heavy atom. The number of hydrogen-bond acceptors (Lipinski definition) is 5. The Morgan fingerprint density at radius 2 is 1.90 bits per heavy atom. The molecule has 0 spiro atoms. The molecule has 164 valence electrons. The van der Waals surface area contributed by atoms with Crippen LogP contribution in [0.5, 0.6) is 0 Å². The molecule has 1 saturated heterocycles. The molecule has 1 fully saturated rings. The van der Waals surface area contributed by atoms with Crippen LogP contribution in [0.2, 0.25) is 5.02 Å². The zero-order chi connectivity index (χ0) is 23.0. The molecule has 2 aromatic rings. The van der Waals surface area contributed by atoms with Crippen molar-refractivity contribution in [1.29, 1.82) is 5.26 Å². The van der Waals surface area contributed by atoms with E-state index in [4.69, 9.17) is 22.6 Å². The molecule has 0 aliphatic carbocycles. The number of benzene rings is 2. The van der Waals surface area contributed by atoms with Crippen LogP contribution in [-0.4, -0.2) is 44.3 Å². The average molecular weight is 473 g/mol. The van der Waals surface area contributed by atoms with E-state index in [0.29, 0.717) is 0 Å². The molecule has 0 bridgehead atoms. The lowest BCUT2D eigenvalue weighted by atomic mass is 10.0. The van der Waals surface area contributed by atoms with E-state index in [1.54, 1.807) is 0 Å². The molecule has 1 atom stereocenters. The van der Waals surface area contributed by atoms with E-state index in [1.807, 2.05) is 0 Å². The van der Waals surface area contributed by atoms with Gasteiger partial charge in [-0.25, -0.2) is 8.42 Å². The first kappa shape index (κ1) is 22.9. The molecule has 2 aromatic carbocycles. The van der Waals surface area contributed by atoms with Crippen molar-refractivity contribution >= 4 is 33.2 Å². The van der Waals surface area contributed by atoms with Gasteiger partial charge in [0.15, 0.2) is 0 Å². The number of piperazine rings is 1. The van der Waals surface area contributed by atoms with Gasteiger partial charge in [0.25, 0.3) is 0 Å². The molecule has 12 heteroatoms. The van der Waals surface area contributed by atoms with E-state index in [-0.39, 0.29) is 35.2 Å². The van der Waals surface area contributed by atoms with Gasteiger partial charge in [-0.05, 0) is 36.4 Å². The minimum absolute atomic E-state index is 0.00919. The number of alkyl halides is 3. The summed E-state index contributed by atoms with van der Waals surface area (Å²) in [5, 5.41) is 9.17. The number of carbonyl (C=O) groups excluding carboxylic acids is 1. The maximum atomic E-state index is 13.3. The van der Waals surface area contributed by atoms with Crippen LogP contribution < -0.4 is 10.6 Å². The Hall–Kier alpha value is -2.81. The molecule has 1 heterocycles. The van der Waals surface area contributed by atoms with E-state index >= 15 is 0 Å². The summed E-state index contributed by atoms with van der Waals surface area (Å²) in [5.41, 5.74) is 3.75. The van der Waals surface area contributed by atoms with Crippen LogP contribution in [-0.2, 0) is 21.0 Å². The quantitative estimate of drug-likeness (QED) is 0.736. The number of hydrogen-bond donors (Lipinski definition) is 1. The predicted molar refractivity (Wildman–Crippen MR) is 107 cm³/mol. The highest BCUT2D eigenvalue weighted by Crippen LogP contribution is 2.35. The number of nitrogens with two attached hydrogens (primary N) is 1. The minimum atomic E-state index is -4.78. The largest absolute Gasteiger partial charge is 0.417 e. The SMILES string of the molecule is N#Cc1ccc(N2CCN(S(=O)(=O)c3cccc(Cl)c3)CC2C(N)=O)cc1C(F)(F)F. The van der Waals surface area contributed by atoms with Crippen molar-refractivity contribution in [3.05, 3.63) is 58.6 Å². The van der Waals surface area contributed by atoms with E-state index in [0.717, 1.165) is 16.4 Å². The first-order valence-electron chi connectivity index (χ1n) is 8.88. The number of carbonyl (C=O) groups is 1. The highest BCUT2D eigenvalue weighted by molar-refractivity contribution is 7.89. The standard InChI is InChI=1S/C19H16ClF3N4O3S/c20-13-2-1-3-15(8-13)31(29,30)26-6-7-27(17(11-26)18(25)28)14-5-4-12(10-24)16(9-14)19(21,22)23/h1-5,8-9,17H,6-7,11H2,(H2,25,28). The van der Waals surface area contributed by atoms with E-state index < -0.39 is 39.3 Å². The number of nitrogens with zero attached hydrogens (tertiary/aromatic N) is 3. The number of primary amides is 1. The van der Waals surface area contributed by atoms with E-state index in [9.17, 15) is 26.4 Å². The number of amides is 1. The van der Waals surface area contributed by atoms with Gasteiger partial charge in [0.05, 0.1) is 22.1 Å². The molecule has 1 unspecified atom stereocenters. The molecular formula is C19H16ClF3N4O3S. The van der Waals surface area contributed by atoms with Crippen molar-refractivity contribution in [2.24, 2.45) is 5.73 Å². The van der Waals surface area contributed by atoms with Gasteiger partial charge < -0.3 is 10.6 Å². The fourth-order valence-corrected chi connectivity index (χ4v) is 5.09. The fraction of sp³-hybridized carbons (Fsp3) is 0.263. The summed E-state index contributed by atoms with van der Waals surface area (Å²) in [6, 6.07) is 8.90. The van der Waals surface area contributed by atoms with Gasteiger partial charge in [0, 0.05) is 30.3 Å². The monoisotopic (exact) mass is 472 g/mol. The summed E-state index contributed by atoms with van der Waals surface area (Å²) in [6.45, 7) is -0.540. The lowest BCUT2D eigenvalue weighted by Gasteiger charge is -2.40. The molecule has 31 heavy (non-hydrogen) atoms. The third-order valence-electron chi connectivity index (χ3n) is 4.87. The molecule has 3 rings (SSSR count). The molecule has 1 aliphatic rings. The molecule has 0 saturated carbocycles. The maximum absolute atomic E-state index is 13.3. The van der Waals surface area contributed by atoms with Crippen LogP contribution in [0.3, 0.4) is 0 Å². The second-order valence-electron chi connectivity index (χ2n) is 6.77. The number of rotatable bonds is 4. The maximum Gasteiger partial charge on any atom is 0.417 e. The Morgan fingerprint density at radius 1 is 1.19 bits per heavy atom. The van der Waals surface area contributed by atoms with Crippen LogP contribution in [0, 0.1) is 11.3 Å². The fourth-order valence-electron chi connectivity index (χ4n) is 3.35. The van der Waals surface area contributed by atoms with Gasteiger partial charge in [-0.15, -0.1) is 0 Å². The molecule has 1 aliphatic heterocycles. The Kier molecular flexibility index (Phi) is 6.18. The Balaban J connectivity index is 1.95. The highest BCUT2D eigenvalue weighted by atomic mass is 35.5. The van der Waals surface area contributed by atoms with Crippen LogP contribution in [0.4, 0.5) is 18.9 Å². The van der Waals surface area contributed by atoms with Crippen molar-refractivity contribution < 1.29 is 26.4 Å². The Bertz CT molecular complexity index is 1160. The van der Waals surface area contributed by atoms with Gasteiger partial charge in [-0.1, -0.05) is 17.7 Å². The number of halogens is 4. The molecule has 0 aromatic heterocycles. The lowest BCUT2D eigenvalue weighted by molar-refractivity contribution is -0.137.